The van der Waals surface area contributed by atoms with Crippen molar-refractivity contribution in [3.63, 3.8) is 0 Å². The van der Waals surface area contributed by atoms with Crippen molar-refractivity contribution in [1.29, 1.82) is 0 Å². The average Bonchev–Trinajstić information content (AvgIpc) is 3.12. The zero-order valence-corrected chi connectivity index (χ0v) is 15.8. The number of nitrogens with one attached hydrogen (secondary N) is 2. The van der Waals surface area contributed by atoms with E-state index in [0.717, 1.165) is 11.3 Å². The van der Waals surface area contributed by atoms with Gasteiger partial charge in [0.2, 0.25) is 11.1 Å². The van der Waals surface area contributed by atoms with Crippen LogP contribution in [0.5, 0.6) is 5.75 Å². The molecule has 6 nitrogen and oxygen atoms in total. The van der Waals surface area contributed by atoms with Crippen LogP contribution < -0.4 is 10.1 Å². The molecule has 3 rings (SSSR count). The molecular weight excluding hydrogens is 372 g/mol. The third-order valence-corrected chi connectivity index (χ3v) is 4.90. The molecule has 8 heteroatoms. The van der Waals surface area contributed by atoms with E-state index in [4.69, 9.17) is 16.3 Å². The van der Waals surface area contributed by atoms with Crippen molar-refractivity contribution in [3.8, 4) is 17.1 Å². The van der Waals surface area contributed by atoms with Crippen molar-refractivity contribution < 1.29 is 9.53 Å². The highest BCUT2D eigenvalue weighted by Gasteiger charge is 2.18. The molecule has 2 N–H and O–H groups in total. The third-order valence-electron chi connectivity index (χ3n) is 3.61. The Kier molecular flexibility index (Phi) is 5.80. The molecular formula is C18H17ClN4O2S. The van der Waals surface area contributed by atoms with Crippen molar-refractivity contribution >= 4 is 35.0 Å². The number of aromatic amines is 1. The molecule has 0 aliphatic heterocycles. The maximum atomic E-state index is 12.3. The number of halogens is 1. The first-order valence-corrected chi connectivity index (χ1v) is 9.11. The molecule has 134 valence electrons. The number of carbonyl (C=O) groups is 1. The summed E-state index contributed by atoms with van der Waals surface area (Å²) >= 11 is 7.33. The Morgan fingerprint density at radius 3 is 2.65 bits per heavy atom. The number of anilines is 1. The van der Waals surface area contributed by atoms with Crippen molar-refractivity contribution in [2.24, 2.45) is 0 Å². The smallest absolute Gasteiger partial charge is 0.237 e. The molecule has 26 heavy (non-hydrogen) atoms. The number of nitrogens with zero attached hydrogens (tertiary/aromatic N) is 2. The van der Waals surface area contributed by atoms with Crippen molar-refractivity contribution in [2.45, 2.75) is 17.3 Å². The standard InChI is InChI=1S/C18H17ClN4O2S/c1-11(17(24)20-15-6-4-3-5-14(15)19)26-18-21-16(22-23-18)12-7-9-13(25-2)10-8-12/h3-11H,1-2H3,(H,20,24)(H,21,22,23). The largest absolute Gasteiger partial charge is 0.497 e. The number of para-hydroxylation sites is 1. The lowest BCUT2D eigenvalue weighted by atomic mass is 10.2. The van der Waals surface area contributed by atoms with E-state index in [1.165, 1.54) is 11.8 Å². The minimum absolute atomic E-state index is 0.168. The fourth-order valence-corrected chi connectivity index (χ4v) is 3.09. The summed E-state index contributed by atoms with van der Waals surface area (Å²) in [5.41, 5.74) is 1.47. The minimum atomic E-state index is -0.384. The summed E-state index contributed by atoms with van der Waals surface area (Å²) in [5, 5.41) is 10.5. The number of H-pyrrole nitrogens is 1. The molecule has 0 saturated carbocycles. The van der Waals surface area contributed by atoms with Gasteiger partial charge in [0.15, 0.2) is 5.82 Å². The van der Waals surface area contributed by atoms with Crippen LogP contribution in [0.25, 0.3) is 11.4 Å². The fraction of sp³-hybridized carbons (Fsp3) is 0.167. The van der Waals surface area contributed by atoms with Gasteiger partial charge in [-0.05, 0) is 43.3 Å². The number of amides is 1. The van der Waals surface area contributed by atoms with Crippen LogP contribution in [0.2, 0.25) is 5.02 Å². The van der Waals surface area contributed by atoms with E-state index in [0.29, 0.717) is 21.7 Å². The molecule has 0 bridgehead atoms. The summed E-state index contributed by atoms with van der Waals surface area (Å²) in [6, 6.07) is 14.6. The summed E-state index contributed by atoms with van der Waals surface area (Å²) in [4.78, 5) is 16.8. The van der Waals surface area contributed by atoms with Crippen LogP contribution in [0.1, 0.15) is 6.92 Å². The molecule has 0 spiro atoms. The third kappa shape index (κ3) is 4.36. The first-order valence-electron chi connectivity index (χ1n) is 7.85. The van der Waals surface area contributed by atoms with Gasteiger partial charge in [0.1, 0.15) is 5.75 Å². The Balaban J connectivity index is 1.64. The van der Waals surface area contributed by atoms with Crippen LogP contribution in [-0.2, 0) is 4.79 Å². The lowest BCUT2D eigenvalue weighted by Gasteiger charge is -2.11. The van der Waals surface area contributed by atoms with Gasteiger partial charge in [-0.25, -0.2) is 4.98 Å². The number of rotatable bonds is 6. The molecule has 0 aliphatic rings. The van der Waals surface area contributed by atoms with Crippen LogP contribution in [-0.4, -0.2) is 33.4 Å². The highest BCUT2D eigenvalue weighted by molar-refractivity contribution is 8.00. The molecule has 1 unspecified atom stereocenters. The Bertz CT molecular complexity index is 898. The first kappa shape index (κ1) is 18.3. The Morgan fingerprint density at radius 2 is 1.96 bits per heavy atom. The summed E-state index contributed by atoms with van der Waals surface area (Å²) in [5.74, 6) is 1.24. The summed E-state index contributed by atoms with van der Waals surface area (Å²) < 4.78 is 5.14. The Hall–Kier alpha value is -2.51. The Morgan fingerprint density at radius 1 is 1.23 bits per heavy atom. The predicted octanol–water partition coefficient (Wildman–Crippen LogP) is 4.25. The van der Waals surface area contributed by atoms with Gasteiger partial charge >= 0.3 is 0 Å². The number of carbonyl (C=O) groups excluding carboxylic acids is 1. The lowest BCUT2D eigenvalue weighted by Crippen LogP contribution is -2.22. The van der Waals surface area contributed by atoms with Gasteiger partial charge in [-0.3, -0.25) is 9.89 Å². The Labute approximate surface area is 160 Å². The minimum Gasteiger partial charge on any atom is -0.497 e. The second-order valence-electron chi connectivity index (χ2n) is 5.42. The van der Waals surface area contributed by atoms with E-state index < -0.39 is 0 Å². The van der Waals surface area contributed by atoms with Gasteiger partial charge in [-0.15, -0.1) is 5.10 Å². The van der Waals surface area contributed by atoms with Crippen molar-refractivity contribution in [2.75, 3.05) is 12.4 Å². The number of hydrogen-bond acceptors (Lipinski definition) is 5. The van der Waals surface area contributed by atoms with Gasteiger partial charge in [-0.2, -0.15) is 0 Å². The molecule has 1 amide bonds. The fourth-order valence-electron chi connectivity index (χ4n) is 2.19. The van der Waals surface area contributed by atoms with Crippen LogP contribution in [0.15, 0.2) is 53.7 Å². The highest BCUT2D eigenvalue weighted by Crippen LogP contribution is 2.26. The molecule has 0 aliphatic carbocycles. The zero-order valence-electron chi connectivity index (χ0n) is 14.2. The lowest BCUT2D eigenvalue weighted by molar-refractivity contribution is -0.115. The molecule has 0 saturated heterocycles. The quantitative estimate of drug-likeness (QED) is 0.617. The van der Waals surface area contributed by atoms with Crippen molar-refractivity contribution in [3.05, 3.63) is 53.6 Å². The number of aromatic nitrogens is 3. The highest BCUT2D eigenvalue weighted by atomic mass is 35.5. The molecule has 0 radical (unpaired) electrons. The van der Waals surface area contributed by atoms with Gasteiger partial charge in [-0.1, -0.05) is 35.5 Å². The summed E-state index contributed by atoms with van der Waals surface area (Å²) in [6.07, 6.45) is 0. The second-order valence-corrected chi connectivity index (χ2v) is 7.14. The number of methoxy groups -OCH3 is 1. The normalized spacial score (nSPS) is 11.8. The SMILES string of the molecule is COc1ccc(-c2nc(SC(C)C(=O)Nc3ccccc3Cl)n[nH]2)cc1. The van der Waals surface area contributed by atoms with E-state index in [1.54, 1.807) is 26.2 Å². The van der Waals surface area contributed by atoms with Crippen LogP contribution in [0.3, 0.4) is 0 Å². The molecule has 0 fully saturated rings. The maximum absolute atomic E-state index is 12.3. The maximum Gasteiger partial charge on any atom is 0.237 e. The van der Waals surface area contributed by atoms with Crippen LogP contribution in [0, 0.1) is 0 Å². The van der Waals surface area contributed by atoms with Gasteiger partial charge < -0.3 is 10.1 Å². The van der Waals surface area contributed by atoms with Crippen LogP contribution >= 0.6 is 23.4 Å². The molecule has 1 aromatic heterocycles. The summed E-state index contributed by atoms with van der Waals surface area (Å²) in [7, 11) is 1.62. The monoisotopic (exact) mass is 388 g/mol. The van der Waals surface area contributed by atoms with Gasteiger partial charge in [0.05, 0.1) is 23.1 Å². The predicted molar refractivity (Wildman–Crippen MR) is 104 cm³/mol. The second kappa shape index (κ2) is 8.25. The number of thioether (sulfide) groups is 1. The summed E-state index contributed by atoms with van der Waals surface area (Å²) in [6.45, 7) is 1.79. The van der Waals surface area contributed by atoms with Crippen molar-refractivity contribution in [1.82, 2.24) is 15.2 Å². The average molecular weight is 389 g/mol. The van der Waals surface area contributed by atoms with Crippen LogP contribution in [0.4, 0.5) is 5.69 Å². The van der Waals surface area contributed by atoms with Gasteiger partial charge in [0, 0.05) is 5.56 Å². The molecule has 1 heterocycles. The topological polar surface area (TPSA) is 79.9 Å². The number of benzene rings is 2. The van der Waals surface area contributed by atoms with E-state index in [2.05, 4.69) is 20.5 Å². The first-order chi connectivity index (χ1) is 12.6. The van der Waals surface area contributed by atoms with E-state index in [9.17, 15) is 4.79 Å². The van der Waals surface area contributed by atoms with E-state index in [1.807, 2.05) is 36.4 Å². The molecule has 3 aromatic rings. The van der Waals surface area contributed by atoms with E-state index >= 15 is 0 Å². The molecule has 2 aromatic carbocycles. The van der Waals surface area contributed by atoms with E-state index in [-0.39, 0.29) is 11.2 Å². The van der Waals surface area contributed by atoms with Gasteiger partial charge in [0.25, 0.3) is 0 Å². The molecule has 1 atom stereocenters. The number of ether oxygens (including phenoxy) is 1. The number of hydrogen-bond donors (Lipinski definition) is 2. The zero-order chi connectivity index (χ0) is 18.5.